The number of hydrogen-bond donors (Lipinski definition) is 1. The van der Waals surface area contributed by atoms with Crippen molar-refractivity contribution in [2.75, 3.05) is 0 Å². The fourth-order valence-corrected chi connectivity index (χ4v) is 1.80. The number of halogens is 2. The summed E-state index contributed by atoms with van der Waals surface area (Å²) in [4.78, 5) is 0. The number of hydrogen-bond acceptors (Lipinski definition) is 3. The van der Waals surface area contributed by atoms with Crippen molar-refractivity contribution < 1.29 is 9.84 Å². The van der Waals surface area contributed by atoms with Crippen LogP contribution in [0.2, 0.25) is 10.0 Å². The number of ether oxygens (including phenoxy) is 1. The lowest BCUT2D eigenvalue weighted by Gasteiger charge is -2.09. The maximum atomic E-state index is 9.68. The lowest BCUT2D eigenvalue weighted by Crippen LogP contribution is -1.87. The molecule has 0 aliphatic heterocycles. The van der Waals surface area contributed by atoms with Crippen molar-refractivity contribution in [3.05, 3.63) is 52.0 Å². The first kappa shape index (κ1) is 12.6. The Bertz CT molecular complexity index is 635. The van der Waals surface area contributed by atoms with E-state index in [0.29, 0.717) is 21.4 Å². The van der Waals surface area contributed by atoms with Crippen LogP contribution in [0.25, 0.3) is 0 Å². The van der Waals surface area contributed by atoms with Crippen LogP contribution < -0.4 is 4.74 Å². The maximum absolute atomic E-state index is 9.68. The third-order valence-corrected chi connectivity index (χ3v) is 2.73. The molecule has 0 radical (unpaired) electrons. The van der Waals surface area contributed by atoms with Crippen LogP contribution in [-0.2, 0) is 0 Å². The normalized spacial score (nSPS) is 9.83. The van der Waals surface area contributed by atoms with Gasteiger partial charge in [-0.1, -0.05) is 23.2 Å². The highest BCUT2D eigenvalue weighted by molar-refractivity contribution is 6.35. The Morgan fingerprint density at radius 3 is 2.39 bits per heavy atom. The second kappa shape index (κ2) is 5.18. The molecule has 5 heteroatoms. The van der Waals surface area contributed by atoms with Gasteiger partial charge < -0.3 is 9.84 Å². The third-order valence-electron chi connectivity index (χ3n) is 2.20. The Morgan fingerprint density at radius 1 is 1.06 bits per heavy atom. The molecule has 2 rings (SSSR count). The van der Waals surface area contributed by atoms with E-state index < -0.39 is 0 Å². The lowest BCUT2D eigenvalue weighted by atomic mass is 10.2. The minimum Gasteiger partial charge on any atom is -0.504 e. The van der Waals surface area contributed by atoms with Gasteiger partial charge in [0.2, 0.25) is 0 Å². The van der Waals surface area contributed by atoms with Crippen molar-refractivity contribution in [3.63, 3.8) is 0 Å². The lowest BCUT2D eigenvalue weighted by molar-refractivity contribution is 0.411. The number of aromatic hydroxyl groups is 1. The number of nitriles is 1. The molecule has 0 bridgehead atoms. The van der Waals surface area contributed by atoms with Crippen LogP contribution in [0.1, 0.15) is 5.56 Å². The zero-order valence-electron chi connectivity index (χ0n) is 9.02. The molecule has 0 saturated heterocycles. The van der Waals surface area contributed by atoms with E-state index in [1.807, 2.05) is 6.07 Å². The molecule has 1 N–H and O–H groups in total. The molecule has 0 atom stereocenters. The summed E-state index contributed by atoms with van der Waals surface area (Å²) in [6.45, 7) is 0. The van der Waals surface area contributed by atoms with E-state index in [0.717, 1.165) is 0 Å². The van der Waals surface area contributed by atoms with Gasteiger partial charge >= 0.3 is 0 Å². The van der Waals surface area contributed by atoms with E-state index >= 15 is 0 Å². The quantitative estimate of drug-likeness (QED) is 0.889. The molecule has 0 amide bonds. The summed E-state index contributed by atoms with van der Waals surface area (Å²) in [6.07, 6.45) is 0. The van der Waals surface area contributed by atoms with E-state index in [4.69, 9.17) is 33.2 Å². The summed E-state index contributed by atoms with van der Waals surface area (Å²) in [5.41, 5.74) is 0.349. The number of phenolic OH excluding ortho intramolecular Hbond substituents is 1. The Balaban J connectivity index is 2.32. The van der Waals surface area contributed by atoms with Crippen LogP contribution in [-0.4, -0.2) is 5.11 Å². The topological polar surface area (TPSA) is 53.2 Å². The van der Waals surface area contributed by atoms with Crippen LogP contribution in [0.4, 0.5) is 0 Å². The zero-order chi connectivity index (χ0) is 13.1. The Labute approximate surface area is 114 Å². The fraction of sp³-hybridized carbons (Fsp3) is 0. The SMILES string of the molecule is N#Cc1ccc(Oc2ccc(Cl)cc2Cl)c(O)c1. The van der Waals surface area contributed by atoms with Gasteiger partial charge in [0, 0.05) is 11.1 Å². The zero-order valence-corrected chi connectivity index (χ0v) is 10.5. The second-order valence-electron chi connectivity index (χ2n) is 3.47. The Kier molecular flexibility index (Phi) is 3.61. The molecule has 2 aromatic carbocycles. The standard InChI is InChI=1S/C13H7Cl2NO2/c14-9-2-4-12(10(15)6-9)18-13-3-1-8(7-16)5-11(13)17/h1-6,17H. The molecule has 18 heavy (non-hydrogen) atoms. The van der Waals surface area contributed by atoms with Crippen molar-refractivity contribution in [3.8, 4) is 23.3 Å². The second-order valence-corrected chi connectivity index (χ2v) is 4.31. The van der Waals surface area contributed by atoms with Crippen molar-refractivity contribution >= 4 is 23.2 Å². The first-order valence-electron chi connectivity index (χ1n) is 4.96. The van der Waals surface area contributed by atoms with Gasteiger partial charge in [0.25, 0.3) is 0 Å². The van der Waals surface area contributed by atoms with E-state index in [2.05, 4.69) is 0 Å². The summed E-state index contributed by atoms with van der Waals surface area (Å²) in [7, 11) is 0. The van der Waals surface area contributed by atoms with Crippen molar-refractivity contribution in [1.29, 1.82) is 5.26 Å². The molecule has 0 heterocycles. The molecule has 0 spiro atoms. The van der Waals surface area contributed by atoms with Gasteiger partial charge in [-0.3, -0.25) is 0 Å². The fourth-order valence-electron chi connectivity index (χ4n) is 1.35. The molecule has 0 fully saturated rings. The highest BCUT2D eigenvalue weighted by atomic mass is 35.5. The summed E-state index contributed by atoms with van der Waals surface area (Å²) in [5.74, 6) is 0.472. The van der Waals surface area contributed by atoms with E-state index in [1.54, 1.807) is 24.3 Å². The molecular formula is C13H7Cl2NO2. The van der Waals surface area contributed by atoms with Gasteiger partial charge in [-0.25, -0.2) is 0 Å². The van der Waals surface area contributed by atoms with E-state index in [1.165, 1.54) is 12.1 Å². The molecule has 90 valence electrons. The van der Waals surface area contributed by atoms with Crippen molar-refractivity contribution in [2.45, 2.75) is 0 Å². The van der Waals surface area contributed by atoms with Crippen LogP contribution in [0.15, 0.2) is 36.4 Å². The summed E-state index contributed by atoms with van der Waals surface area (Å²) in [5, 5.41) is 19.2. The number of rotatable bonds is 2. The summed E-state index contributed by atoms with van der Waals surface area (Å²) >= 11 is 11.7. The first-order chi connectivity index (χ1) is 8.60. The molecule has 0 aliphatic carbocycles. The summed E-state index contributed by atoms with van der Waals surface area (Å²) in [6, 6.07) is 11.0. The average Bonchev–Trinajstić information content (AvgIpc) is 2.34. The molecular weight excluding hydrogens is 273 g/mol. The molecule has 0 saturated carbocycles. The van der Waals surface area contributed by atoms with Gasteiger partial charge in [-0.15, -0.1) is 0 Å². The minimum atomic E-state index is -0.125. The average molecular weight is 280 g/mol. The highest BCUT2D eigenvalue weighted by Gasteiger charge is 2.08. The van der Waals surface area contributed by atoms with Crippen molar-refractivity contribution in [1.82, 2.24) is 0 Å². The van der Waals surface area contributed by atoms with Gasteiger partial charge in [0.15, 0.2) is 11.5 Å². The van der Waals surface area contributed by atoms with Crippen LogP contribution in [0.3, 0.4) is 0 Å². The predicted octanol–water partition coefficient (Wildman–Crippen LogP) is 4.36. The minimum absolute atomic E-state index is 0.125. The van der Waals surface area contributed by atoms with Gasteiger partial charge in [0.1, 0.15) is 5.75 Å². The van der Waals surface area contributed by atoms with E-state index in [9.17, 15) is 5.11 Å². The van der Waals surface area contributed by atoms with Crippen LogP contribution in [0, 0.1) is 11.3 Å². The highest BCUT2D eigenvalue weighted by Crippen LogP contribution is 2.35. The Morgan fingerprint density at radius 2 is 1.78 bits per heavy atom. The molecule has 0 aliphatic rings. The molecule has 3 nitrogen and oxygen atoms in total. The van der Waals surface area contributed by atoms with E-state index in [-0.39, 0.29) is 11.5 Å². The third kappa shape index (κ3) is 2.67. The van der Waals surface area contributed by atoms with Crippen molar-refractivity contribution in [2.24, 2.45) is 0 Å². The number of phenols is 1. The molecule has 0 unspecified atom stereocenters. The molecule has 0 aromatic heterocycles. The monoisotopic (exact) mass is 279 g/mol. The van der Waals surface area contributed by atoms with Gasteiger partial charge in [-0.2, -0.15) is 5.26 Å². The number of nitrogens with zero attached hydrogens (tertiary/aromatic N) is 1. The van der Waals surface area contributed by atoms with Crippen LogP contribution >= 0.6 is 23.2 Å². The molecule has 2 aromatic rings. The smallest absolute Gasteiger partial charge is 0.169 e. The largest absolute Gasteiger partial charge is 0.504 e. The van der Waals surface area contributed by atoms with Gasteiger partial charge in [-0.05, 0) is 30.3 Å². The van der Waals surface area contributed by atoms with Crippen LogP contribution in [0.5, 0.6) is 17.2 Å². The maximum Gasteiger partial charge on any atom is 0.169 e. The first-order valence-corrected chi connectivity index (χ1v) is 5.72. The summed E-state index contributed by atoms with van der Waals surface area (Å²) < 4.78 is 5.44. The number of benzene rings is 2. The predicted molar refractivity (Wildman–Crippen MR) is 69.4 cm³/mol. The van der Waals surface area contributed by atoms with Gasteiger partial charge in [0.05, 0.1) is 16.7 Å². The Hall–Kier alpha value is -1.89.